The third-order valence-electron chi connectivity index (χ3n) is 5.83. The number of benzene rings is 2. The summed E-state index contributed by atoms with van der Waals surface area (Å²) in [6.45, 7) is 6.85. The molecule has 3 N–H and O–H groups in total. The molecule has 4 aromatic rings. The molecule has 0 radical (unpaired) electrons. The van der Waals surface area contributed by atoms with Gasteiger partial charge in [0.05, 0.1) is 12.4 Å². The van der Waals surface area contributed by atoms with E-state index in [4.69, 9.17) is 5.11 Å². The number of unbranched alkanes of at least 4 members (excludes halogenated alkanes) is 1. The van der Waals surface area contributed by atoms with Crippen LogP contribution in [0.4, 0.5) is 4.79 Å². The Labute approximate surface area is 237 Å². The van der Waals surface area contributed by atoms with Crippen LogP contribution in [-0.4, -0.2) is 76.9 Å². The fraction of sp³-hybridized carbons (Fsp3) is 0.321. The largest absolute Gasteiger partial charge is 0.465 e. The Balaban J connectivity index is 0.000000225. The molecule has 0 aliphatic heterocycles. The molecule has 0 spiro atoms. The molecule has 0 saturated carbocycles. The van der Waals surface area contributed by atoms with E-state index >= 15 is 0 Å². The molecule has 0 bridgehead atoms. The van der Waals surface area contributed by atoms with E-state index in [0.717, 1.165) is 16.3 Å². The second-order valence-corrected chi connectivity index (χ2v) is 9.82. The summed E-state index contributed by atoms with van der Waals surface area (Å²) >= 11 is 0. The number of hydrogen-bond acceptors (Lipinski definition) is 9. The van der Waals surface area contributed by atoms with Crippen molar-refractivity contribution in [3.05, 3.63) is 84.5 Å². The summed E-state index contributed by atoms with van der Waals surface area (Å²) in [5.41, 5.74) is 0.624. The zero-order valence-electron chi connectivity index (χ0n) is 23.2. The van der Waals surface area contributed by atoms with Crippen LogP contribution in [0.1, 0.15) is 60.4 Å². The molecule has 13 heteroatoms. The Hall–Kier alpha value is -5.07. The maximum atomic E-state index is 11.9. The molecule has 0 atom stereocenters. The number of fused-ring (bicyclic) bond motifs is 1. The van der Waals surface area contributed by atoms with E-state index < -0.39 is 11.6 Å². The minimum atomic E-state index is -0.935. The van der Waals surface area contributed by atoms with Crippen molar-refractivity contribution in [3.8, 4) is 0 Å². The van der Waals surface area contributed by atoms with E-state index in [0.29, 0.717) is 32.5 Å². The van der Waals surface area contributed by atoms with Gasteiger partial charge in [-0.2, -0.15) is 10.2 Å². The van der Waals surface area contributed by atoms with Crippen LogP contribution in [0.3, 0.4) is 0 Å². The number of nitrogens with one attached hydrogen (secondary N) is 2. The Kier molecular flexibility index (Phi) is 11.1. The highest BCUT2D eigenvalue weighted by Gasteiger charge is 2.25. The van der Waals surface area contributed by atoms with Gasteiger partial charge in [0.1, 0.15) is 0 Å². The van der Waals surface area contributed by atoms with E-state index in [1.54, 1.807) is 0 Å². The molecule has 214 valence electrons. The number of hydrogen-bond donors (Lipinski definition) is 3. The Bertz CT molecular complexity index is 1430. The SMILES string of the molecule is CC(C)(C)N(CCCCNC(=O)c1nccnn1)C(=O)O.O=C(NCc1cccc2ccccc12)c1nccnn1. The van der Waals surface area contributed by atoms with Crippen molar-refractivity contribution in [2.75, 3.05) is 13.1 Å². The predicted octanol–water partition coefficient (Wildman–Crippen LogP) is 3.11. The number of carboxylic acid groups (broad SMARTS) is 1. The van der Waals surface area contributed by atoms with Crippen molar-refractivity contribution in [2.24, 2.45) is 0 Å². The van der Waals surface area contributed by atoms with E-state index in [9.17, 15) is 14.4 Å². The van der Waals surface area contributed by atoms with Crippen molar-refractivity contribution in [3.63, 3.8) is 0 Å². The summed E-state index contributed by atoms with van der Waals surface area (Å²) in [5.74, 6) is -0.605. The maximum absolute atomic E-state index is 11.9. The number of amides is 3. The van der Waals surface area contributed by atoms with Crippen LogP contribution >= 0.6 is 0 Å². The van der Waals surface area contributed by atoms with Crippen LogP contribution < -0.4 is 10.6 Å². The van der Waals surface area contributed by atoms with Crippen molar-refractivity contribution in [1.29, 1.82) is 0 Å². The van der Waals surface area contributed by atoms with E-state index in [-0.39, 0.29) is 23.5 Å². The van der Waals surface area contributed by atoms with Crippen molar-refractivity contribution >= 4 is 28.7 Å². The zero-order valence-corrected chi connectivity index (χ0v) is 23.2. The molecular formula is C28H33N9O4. The first-order valence-electron chi connectivity index (χ1n) is 13.0. The highest BCUT2D eigenvalue weighted by atomic mass is 16.4. The first-order chi connectivity index (χ1) is 19.7. The number of carbonyl (C=O) groups is 3. The molecule has 2 aromatic carbocycles. The highest BCUT2D eigenvalue weighted by molar-refractivity contribution is 5.91. The van der Waals surface area contributed by atoms with Crippen LogP contribution in [0.25, 0.3) is 10.8 Å². The van der Waals surface area contributed by atoms with E-state index in [2.05, 4.69) is 41.0 Å². The molecule has 0 fully saturated rings. The lowest BCUT2D eigenvalue weighted by atomic mass is 10.0. The van der Waals surface area contributed by atoms with Gasteiger partial charge in [-0.3, -0.25) is 9.59 Å². The Morgan fingerprint density at radius 3 is 2.00 bits per heavy atom. The van der Waals surface area contributed by atoms with Gasteiger partial charge in [0.15, 0.2) is 0 Å². The molecule has 0 aliphatic rings. The fourth-order valence-corrected chi connectivity index (χ4v) is 3.80. The lowest BCUT2D eigenvalue weighted by molar-refractivity contribution is 0.0925. The van der Waals surface area contributed by atoms with Crippen molar-refractivity contribution in [1.82, 2.24) is 45.9 Å². The van der Waals surface area contributed by atoms with Gasteiger partial charge in [-0.05, 0) is 49.9 Å². The first kappa shape index (κ1) is 30.5. The molecule has 2 aromatic heterocycles. The Morgan fingerprint density at radius 2 is 1.41 bits per heavy atom. The quantitative estimate of drug-likeness (QED) is 0.258. The van der Waals surface area contributed by atoms with Gasteiger partial charge >= 0.3 is 6.09 Å². The molecular weight excluding hydrogens is 526 g/mol. The lowest BCUT2D eigenvalue weighted by Crippen LogP contribution is -2.45. The van der Waals surface area contributed by atoms with Gasteiger partial charge in [0, 0.05) is 37.6 Å². The molecule has 0 saturated heterocycles. The topological polar surface area (TPSA) is 176 Å². The normalized spacial score (nSPS) is 10.7. The fourth-order valence-electron chi connectivity index (χ4n) is 3.80. The molecule has 13 nitrogen and oxygen atoms in total. The van der Waals surface area contributed by atoms with Gasteiger partial charge in [-0.1, -0.05) is 42.5 Å². The van der Waals surface area contributed by atoms with Gasteiger partial charge < -0.3 is 20.6 Å². The minimum absolute atomic E-state index is 0.0272. The van der Waals surface area contributed by atoms with Gasteiger partial charge in [0.25, 0.3) is 11.8 Å². The summed E-state index contributed by atoms with van der Waals surface area (Å²) in [5, 5.41) is 31.4. The number of nitrogens with zero attached hydrogens (tertiary/aromatic N) is 7. The summed E-state index contributed by atoms with van der Waals surface area (Å²) in [6.07, 6.45) is 6.07. The lowest BCUT2D eigenvalue weighted by Gasteiger charge is -2.33. The average molecular weight is 560 g/mol. The van der Waals surface area contributed by atoms with Crippen LogP contribution in [0.2, 0.25) is 0 Å². The summed E-state index contributed by atoms with van der Waals surface area (Å²) in [6, 6.07) is 14.1. The van der Waals surface area contributed by atoms with Crippen molar-refractivity contribution in [2.45, 2.75) is 45.7 Å². The summed E-state index contributed by atoms with van der Waals surface area (Å²) < 4.78 is 0. The van der Waals surface area contributed by atoms with Crippen molar-refractivity contribution < 1.29 is 19.5 Å². The monoisotopic (exact) mass is 559 g/mol. The van der Waals surface area contributed by atoms with Crippen LogP contribution in [-0.2, 0) is 6.54 Å². The van der Waals surface area contributed by atoms with E-state index in [1.165, 1.54) is 29.7 Å². The summed E-state index contributed by atoms with van der Waals surface area (Å²) in [7, 11) is 0. The second kappa shape index (κ2) is 14.9. The molecule has 0 unspecified atom stereocenters. The number of aromatic nitrogens is 6. The Morgan fingerprint density at radius 1 is 0.805 bits per heavy atom. The number of carbonyl (C=O) groups excluding carboxylic acids is 2. The third kappa shape index (κ3) is 9.56. The first-order valence-corrected chi connectivity index (χ1v) is 13.0. The van der Waals surface area contributed by atoms with Crippen LogP contribution in [0, 0.1) is 0 Å². The van der Waals surface area contributed by atoms with Crippen LogP contribution in [0.5, 0.6) is 0 Å². The zero-order chi connectivity index (χ0) is 29.7. The maximum Gasteiger partial charge on any atom is 0.407 e. The van der Waals surface area contributed by atoms with Gasteiger partial charge in [0.2, 0.25) is 11.6 Å². The molecule has 4 rings (SSSR count). The minimum Gasteiger partial charge on any atom is -0.465 e. The molecule has 3 amide bonds. The smallest absolute Gasteiger partial charge is 0.407 e. The standard InChI is InChI=1S/C15H12N4O.C13H21N5O3/c20-15(14-16-8-9-18-19-14)17-10-12-6-3-5-11-4-1-2-7-13(11)12;1-13(2,3)18(12(20)21)9-5-4-6-15-11(19)10-14-7-8-16-17-10/h1-9H,10H2,(H,17,20);7-8H,4-6,9H2,1-3H3,(H,15,19)(H,20,21). The third-order valence-corrected chi connectivity index (χ3v) is 5.83. The highest BCUT2D eigenvalue weighted by Crippen LogP contribution is 2.18. The average Bonchev–Trinajstić information content (AvgIpc) is 2.98. The van der Waals surface area contributed by atoms with Gasteiger partial charge in [-0.25, -0.2) is 14.8 Å². The predicted molar refractivity (Wildman–Crippen MR) is 151 cm³/mol. The molecule has 2 heterocycles. The molecule has 41 heavy (non-hydrogen) atoms. The second-order valence-electron chi connectivity index (χ2n) is 9.82. The number of rotatable bonds is 9. The van der Waals surface area contributed by atoms with Gasteiger partial charge in [-0.15, -0.1) is 10.2 Å². The van der Waals surface area contributed by atoms with Crippen LogP contribution in [0.15, 0.2) is 67.3 Å². The van der Waals surface area contributed by atoms with E-state index in [1.807, 2.05) is 63.2 Å². The molecule has 0 aliphatic carbocycles. The summed E-state index contributed by atoms with van der Waals surface area (Å²) in [4.78, 5) is 43.7.